The fraction of sp³-hybridized carbons (Fsp3) is 0.154. The van der Waals surface area contributed by atoms with Crippen LogP contribution in [0, 0.1) is 6.92 Å². The Balaban J connectivity index is 1.67. The van der Waals surface area contributed by atoms with Crippen molar-refractivity contribution >= 4 is 49.2 Å². The van der Waals surface area contributed by atoms with Gasteiger partial charge in [-0.1, -0.05) is 60.2 Å². The van der Waals surface area contributed by atoms with Crippen molar-refractivity contribution in [3.63, 3.8) is 0 Å². The van der Waals surface area contributed by atoms with Crippen molar-refractivity contribution in [2.75, 3.05) is 0 Å². The number of azo groups is 1. The lowest BCUT2D eigenvalue weighted by Gasteiger charge is -2.05. The van der Waals surface area contributed by atoms with Gasteiger partial charge in [-0.25, -0.2) is 4.57 Å². The molecule has 2 aromatic heterocycles. The summed E-state index contributed by atoms with van der Waals surface area (Å²) < 4.78 is 5.28. The van der Waals surface area contributed by atoms with Gasteiger partial charge in [0, 0.05) is 18.0 Å². The van der Waals surface area contributed by atoms with Gasteiger partial charge in [0.25, 0.3) is 0 Å². The molecule has 0 saturated carbocycles. The molecule has 0 fully saturated rings. The SMILES string of the molecule is Cc1ccc(-c2c(N=Nc3sc4ccccc4[n+]3CCC(N)=O)c3ccccc3n2C)cc1. The Morgan fingerprint density at radius 3 is 2.52 bits per heavy atom. The molecule has 5 aromatic rings. The van der Waals surface area contributed by atoms with Crippen LogP contribution in [0.4, 0.5) is 10.8 Å². The van der Waals surface area contributed by atoms with Crippen molar-refractivity contribution in [2.24, 2.45) is 23.0 Å². The van der Waals surface area contributed by atoms with Gasteiger partial charge in [0.2, 0.25) is 5.91 Å². The Hall–Kier alpha value is -3.84. The number of hydrogen-bond donors (Lipinski definition) is 1. The minimum absolute atomic E-state index is 0.247. The lowest BCUT2D eigenvalue weighted by molar-refractivity contribution is -0.653. The molecule has 33 heavy (non-hydrogen) atoms. The van der Waals surface area contributed by atoms with Gasteiger partial charge in [0.1, 0.15) is 17.7 Å². The summed E-state index contributed by atoms with van der Waals surface area (Å²) >= 11 is 1.55. The van der Waals surface area contributed by atoms with Crippen LogP contribution in [-0.2, 0) is 18.4 Å². The first-order valence-electron chi connectivity index (χ1n) is 10.8. The Morgan fingerprint density at radius 2 is 1.73 bits per heavy atom. The number of benzene rings is 3. The van der Waals surface area contributed by atoms with Crippen LogP contribution in [-0.4, -0.2) is 10.5 Å². The number of nitrogens with zero attached hydrogens (tertiary/aromatic N) is 4. The van der Waals surface area contributed by atoms with E-state index >= 15 is 0 Å². The van der Waals surface area contributed by atoms with E-state index in [0.717, 1.165) is 43.2 Å². The number of primary amides is 1. The number of aromatic nitrogens is 2. The Labute approximate surface area is 195 Å². The summed E-state index contributed by atoms with van der Waals surface area (Å²) in [6, 6.07) is 24.7. The fourth-order valence-electron chi connectivity index (χ4n) is 4.14. The average Bonchev–Trinajstić information content (AvgIpc) is 3.31. The predicted molar refractivity (Wildman–Crippen MR) is 133 cm³/mol. The van der Waals surface area contributed by atoms with Gasteiger partial charge in [-0.15, -0.1) is 0 Å². The third-order valence-electron chi connectivity index (χ3n) is 5.81. The number of thiazole rings is 1. The molecule has 0 atom stereocenters. The van der Waals surface area contributed by atoms with E-state index in [2.05, 4.69) is 61.0 Å². The Kier molecular flexibility index (Phi) is 5.48. The van der Waals surface area contributed by atoms with E-state index in [1.165, 1.54) is 5.56 Å². The first-order valence-corrected chi connectivity index (χ1v) is 11.6. The summed E-state index contributed by atoms with van der Waals surface area (Å²) in [7, 11) is 2.06. The zero-order chi connectivity index (χ0) is 22.9. The zero-order valence-electron chi connectivity index (χ0n) is 18.5. The van der Waals surface area contributed by atoms with Crippen molar-refractivity contribution in [1.82, 2.24) is 4.57 Å². The highest BCUT2D eigenvalue weighted by Crippen LogP contribution is 2.40. The van der Waals surface area contributed by atoms with E-state index in [1.54, 1.807) is 11.3 Å². The minimum Gasteiger partial charge on any atom is -0.370 e. The van der Waals surface area contributed by atoms with E-state index in [-0.39, 0.29) is 12.3 Å². The van der Waals surface area contributed by atoms with Crippen molar-refractivity contribution in [1.29, 1.82) is 0 Å². The predicted octanol–water partition coefficient (Wildman–Crippen LogP) is 5.95. The van der Waals surface area contributed by atoms with Gasteiger partial charge in [0.05, 0.1) is 27.4 Å². The molecule has 2 heterocycles. The molecule has 0 spiro atoms. The molecule has 2 N–H and O–H groups in total. The van der Waals surface area contributed by atoms with Crippen molar-refractivity contribution in [3.05, 3.63) is 78.4 Å². The normalized spacial score (nSPS) is 11.7. The topological polar surface area (TPSA) is 76.6 Å². The lowest BCUT2D eigenvalue weighted by Crippen LogP contribution is -2.34. The summed E-state index contributed by atoms with van der Waals surface area (Å²) in [5.74, 6) is -0.337. The van der Waals surface area contributed by atoms with Crippen LogP contribution in [0.2, 0.25) is 0 Å². The molecule has 6 nitrogen and oxygen atoms in total. The molecule has 5 rings (SSSR count). The molecule has 0 saturated heterocycles. The van der Waals surface area contributed by atoms with Crippen molar-refractivity contribution < 1.29 is 9.36 Å². The van der Waals surface area contributed by atoms with E-state index in [4.69, 9.17) is 16.0 Å². The number of carbonyl (C=O) groups excluding carboxylic acids is 1. The second-order valence-corrected chi connectivity index (χ2v) is 9.07. The van der Waals surface area contributed by atoms with Crippen LogP contribution in [0.3, 0.4) is 0 Å². The van der Waals surface area contributed by atoms with Crippen LogP contribution >= 0.6 is 11.3 Å². The second-order valence-electron chi connectivity index (χ2n) is 8.06. The Bertz CT molecular complexity index is 1510. The summed E-state index contributed by atoms with van der Waals surface area (Å²) in [5, 5.41) is 11.3. The molecule has 0 radical (unpaired) electrons. The quantitative estimate of drug-likeness (QED) is 0.250. The Morgan fingerprint density at radius 1 is 1.00 bits per heavy atom. The van der Waals surface area contributed by atoms with Crippen LogP contribution < -0.4 is 10.3 Å². The van der Waals surface area contributed by atoms with Crippen molar-refractivity contribution in [3.8, 4) is 11.3 Å². The highest BCUT2D eigenvalue weighted by atomic mass is 32.1. The second kappa shape index (κ2) is 8.60. The van der Waals surface area contributed by atoms with Gasteiger partial charge in [-0.3, -0.25) is 4.79 Å². The van der Waals surface area contributed by atoms with Crippen LogP contribution in [0.25, 0.3) is 32.4 Å². The lowest BCUT2D eigenvalue weighted by atomic mass is 10.1. The number of amides is 1. The van der Waals surface area contributed by atoms with Gasteiger partial charge in [-0.2, -0.15) is 0 Å². The maximum atomic E-state index is 11.5. The number of nitrogens with two attached hydrogens (primary N) is 1. The highest BCUT2D eigenvalue weighted by molar-refractivity contribution is 7.21. The van der Waals surface area contributed by atoms with Gasteiger partial charge in [-0.05, 0) is 41.6 Å². The molecule has 164 valence electrons. The fourth-order valence-corrected chi connectivity index (χ4v) is 5.15. The van der Waals surface area contributed by atoms with E-state index in [9.17, 15) is 4.79 Å². The van der Waals surface area contributed by atoms with Crippen molar-refractivity contribution in [2.45, 2.75) is 19.9 Å². The molecule has 7 heteroatoms. The number of fused-ring (bicyclic) bond motifs is 2. The highest BCUT2D eigenvalue weighted by Gasteiger charge is 2.22. The summed E-state index contributed by atoms with van der Waals surface area (Å²) in [4.78, 5) is 11.5. The van der Waals surface area contributed by atoms with E-state index < -0.39 is 0 Å². The van der Waals surface area contributed by atoms with Crippen LogP contribution in [0.5, 0.6) is 0 Å². The number of aryl methyl sites for hydroxylation is 3. The van der Waals surface area contributed by atoms with Crippen LogP contribution in [0.15, 0.2) is 83.0 Å². The van der Waals surface area contributed by atoms with Crippen LogP contribution in [0.1, 0.15) is 12.0 Å². The maximum absolute atomic E-state index is 11.5. The third kappa shape index (κ3) is 3.91. The maximum Gasteiger partial charge on any atom is 0.409 e. The number of rotatable bonds is 6. The first-order chi connectivity index (χ1) is 16.0. The number of hydrogen-bond acceptors (Lipinski definition) is 4. The standard InChI is InChI=1S/C26H23N5OS/c1-17-11-13-18(14-12-17)25-24(19-7-3-4-8-20(19)30(25)2)28-29-26-31(16-15-23(27)32)21-9-5-6-10-22(21)33-26/h3-14H,15-16H2,1-2H3,(H-,27,32)/p+1. The molecule has 0 unspecified atom stereocenters. The largest absolute Gasteiger partial charge is 0.409 e. The van der Waals surface area contributed by atoms with E-state index in [1.807, 2.05) is 34.9 Å². The summed E-state index contributed by atoms with van der Waals surface area (Å²) in [5.41, 5.74) is 11.7. The summed E-state index contributed by atoms with van der Waals surface area (Å²) in [6.45, 7) is 2.55. The third-order valence-corrected chi connectivity index (χ3v) is 6.86. The molecule has 1 amide bonds. The van der Waals surface area contributed by atoms with E-state index in [0.29, 0.717) is 6.54 Å². The number of carbonyl (C=O) groups is 1. The minimum atomic E-state index is -0.337. The molecular weight excluding hydrogens is 430 g/mol. The average molecular weight is 455 g/mol. The zero-order valence-corrected chi connectivity index (χ0v) is 19.3. The van der Waals surface area contributed by atoms with Gasteiger partial charge >= 0.3 is 5.13 Å². The number of para-hydroxylation sites is 2. The molecule has 0 aliphatic carbocycles. The monoisotopic (exact) mass is 454 g/mol. The molecule has 3 aromatic carbocycles. The molecule has 0 aliphatic rings. The molecule has 0 bridgehead atoms. The van der Waals surface area contributed by atoms with Gasteiger partial charge < -0.3 is 10.3 Å². The molecular formula is C26H24N5OS+. The first kappa shape index (κ1) is 21.0. The smallest absolute Gasteiger partial charge is 0.370 e. The molecule has 0 aliphatic heterocycles. The summed E-state index contributed by atoms with van der Waals surface area (Å²) in [6.07, 6.45) is 0.247. The van der Waals surface area contributed by atoms with Gasteiger partial charge in [0.15, 0.2) is 0 Å².